The van der Waals surface area contributed by atoms with Gasteiger partial charge in [-0.1, -0.05) is 23.8 Å². The van der Waals surface area contributed by atoms with Crippen LogP contribution >= 0.6 is 0 Å². The number of nitrogens with zero attached hydrogens (tertiary/aromatic N) is 1. The van der Waals surface area contributed by atoms with Crippen LogP contribution in [-0.4, -0.2) is 15.9 Å². The van der Waals surface area contributed by atoms with Crippen molar-refractivity contribution in [3.05, 3.63) is 85.8 Å². The van der Waals surface area contributed by atoms with Gasteiger partial charge >= 0.3 is 0 Å². The molecule has 2 aromatic heterocycles. The maximum absolute atomic E-state index is 13.0. The summed E-state index contributed by atoms with van der Waals surface area (Å²) in [7, 11) is 0. The van der Waals surface area contributed by atoms with Crippen molar-refractivity contribution < 1.29 is 4.79 Å². The number of amides is 1. The van der Waals surface area contributed by atoms with E-state index in [0.717, 1.165) is 49.8 Å². The zero-order chi connectivity index (χ0) is 21.6. The fourth-order valence-electron chi connectivity index (χ4n) is 3.97. The molecule has 0 bridgehead atoms. The lowest BCUT2D eigenvalue weighted by Gasteiger charge is -2.12. The van der Waals surface area contributed by atoms with E-state index in [4.69, 9.17) is 0 Å². The molecule has 30 heavy (non-hydrogen) atoms. The van der Waals surface area contributed by atoms with Crippen LogP contribution in [0.15, 0.2) is 41.2 Å². The van der Waals surface area contributed by atoms with Gasteiger partial charge in [0, 0.05) is 23.2 Å². The Hall–Kier alpha value is -3.47. The molecule has 4 rings (SSSR count). The Morgan fingerprint density at radius 2 is 1.77 bits per heavy atom. The first-order chi connectivity index (χ1) is 14.2. The van der Waals surface area contributed by atoms with Crippen molar-refractivity contribution in [3.8, 4) is 0 Å². The molecule has 152 valence electrons. The quantitative estimate of drug-likeness (QED) is 0.531. The SMILES string of the molecule is Cc1cc(C)c2nc(C)cc(C(=O)NCc3cc4ccc(C)c(C)c4[nH]c3=O)c2c1. The van der Waals surface area contributed by atoms with Gasteiger partial charge in [0.25, 0.3) is 11.5 Å². The van der Waals surface area contributed by atoms with E-state index < -0.39 is 0 Å². The fourth-order valence-corrected chi connectivity index (χ4v) is 3.97. The number of hydrogen-bond acceptors (Lipinski definition) is 3. The van der Waals surface area contributed by atoms with Gasteiger partial charge in [-0.05, 0) is 74.9 Å². The molecule has 0 radical (unpaired) electrons. The van der Waals surface area contributed by atoms with E-state index in [9.17, 15) is 9.59 Å². The van der Waals surface area contributed by atoms with Gasteiger partial charge in [0.15, 0.2) is 0 Å². The lowest BCUT2D eigenvalue weighted by molar-refractivity contribution is 0.0952. The largest absolute Gasteiger partial charge is 0.348 e. The maximum atomic E-state index is 13.0. The molecule has 4 aromatic rings. The average molecular weight is 399 g/mol. The number of aryl methyl sites for hydroxylation is 5. The van der Waals surface area contributed by atoms with Crippen molar-refractivity contribution in [2.45, 2.75) is 41.2 Å². The number of carbonyl (C=O) groups is 1. The van der Waals surface area contributed by atoms with Crippen molar-refractivity contribution in [2.75, 3.05) is 0 Å². The van der Waals surface area contributed by atoms with Gasteiger partial charge in [-0.2, -0.15) is 0 Å². The van der Waals surface area contributed by atoms with Crippen molar-refractivity contribution in [3.63, 3.8) is 0 Å². The molecule has 0 aliphatic carbocycles. The Labute approximate surface area is 175 Å². The average Bonchev–Trinajstić information content (AvgIpc) is 2.69. The number of hydrogen-bond donors (Lipinski definition) is 2. The van der Waals surface area contributed by atoms with Crippen LogP contribution in [0.4, 0.5) is 0 Å². The van der Waals surface area contributed by atoms with Crippen molar-refractivity contribution in [2.24, 2.45) is 0 Å². The maximum Gasteiger partial charge on any atom is 0.253 e. The van der Waals surface area contributed by atoms with Crippen LogP contribution in [0.1, 0.15) is 43.9 Å². The van der Waals surface area contributed by atoms with E-state index in [0.29, 0.717) is 11.1 Å². The number of pyridine rings is 2. The summed E-state index contributed by atoms with van der Waals surface area (Å²) in [5.74, 6) is -0.213. The summed E-state index contributed by atoms with van der Waals surface area (Å²) in [6.07, 6.45) is 0. The van der Waals surface area contributed by atoms with E-state index in [1.807, 2.05) is 58.9 Å². The minimum absolute atomic E-state index is 0.157. The number of nitrogens with one attached hydrogen (secondary N) is 2. The molecule has 0 aliphatic heterocycles. The molecule has 2 heterocycles. The summed E-state index contributed by atoms with van der Waals surface area (Å²) in [4.78, 5) is 33.2. The van der Waals surface area contributed by atoms with E-state index in [1.165, 1.54) is 0 Å². The molecular formula is C25H25N3O2. The first kappa shape index (κ1) is 19.8. The standard InChI is InChI=1S/C25H25N3O2/c1-13-8-15(3)22-20(9-13)21(10-16(4)27-22)25(30)26-12-19-11-18-7-6-14(2)17(5)23(18)28-24(19)29/h6-11H,12H2,1-5H3,(H,26,30)(H,28,29). The second-order valence-corrected chi connectivity index (χ2v) is 8.07. The molecule has 0 saturated heterocycles. The fraction of sp³-hybridized carbons (Fsp3) is 0.240. The van der Waals surface area contributed by atoms with Gasteiger partial charge in [-0.3, -0.25) is 14.6 Å². The van der Waals surface area contributed by atoms with E-state index in [2.05, 4.69) is 21.4 Å². The Balaban J connectivity index is 1.68. The highest BCUT2D eigenvalue weighted by molar-refractivity contribution is 6.07. The number of H-pyrrole nitrogens is 1. The molecule has 2 N–H and O–H groups in total. The third-order valence-electron chi connectivity index (χ3n) is 5.69. The predicted octanol–water partition coefficient (Wildman–Crippen LogP) is 4.55. The molecule has 5 heteroatoms. The van der Waals surface area contributed by atoms with Gasteiger partial charge in [-0.25, -0.2) is 0 Å². The molecular weight excluding hydrogens is 374 g/mol. The number of fused-ring (bicyclic) bond motifs is 2. The third kappa shape index (κ3) is 3.47. The van der Waals surface area contributed by atoms with Gasteiger partial charge in [0.2, 0.25) is 0 Å². The molecule has 0 aliphatic rings. The zero-order valence-electron chi connectivity index (χ0n) is 17.9. The Morgan fingerprint density at radius 1 is 1.00 bits per heavy atom. The zero-order valence-corrected chi connectivity index (χ0v) is 17.9. The lowest BCUT2D eigenvalue weighted by atomic mass is 10.0. The normalized spacial score (nSPS) is 11.2. The summed E-state index contributed by atoms with van der Waals surface area (Å²) in [5.41, 5.74) is 7.70. The minimum atomic E-state index is -0.213. The van der Waals surface area contributed by atoms with Gasteiger partial charge in [0.05, 0.1) is 16.6 Å². The molecule has 0 atom stereocenters. The van der Waals surface area contributed by atoms with Crippen LogP contribution in [0.5, 0.6) is 0 Å². The van der Waals surface area contributed by atoms with E-state index in [-0.39, 0.29) is 18.0 Å². The first-order valence-corrected chi connectivity index (χ1v) is 10.0. The summed E-state index contributed by atoms with van der Waals surface area (Å²) in [5, 5.41) is 4.70. The summed E-state index contributed by atoms with van der Waals surface area (Å²) >= 11 is 0. The van der Waals surface area contributed by atoms with Crippen LogP contribution in [0.25, 0.3) is 21.8 Å². The third-order valence-corrected chi connectivity index (χ3v) is 5.69. The van der Waals surface area contributed by atoms with Crippen LogP contribution < -0.4 is 10.9 Å². The van der Waals surface area contributed by atoms with Gasteiger partial charge in [-0.15, -0.1) is 0 Å². The number of aromatic amines is 1. The number of rotatable bonds is 3. The topological polar surface area (TPSA) is 74.8 Å². The summed E-state index contributed by atoms with van der Waals surface area (Å²) < 4.78 is 0. The summed E-state index contributed by atoms with van der Waals surface area (Å²) in [6.45, 7) is 10.1. The molecule has 0 spiro atoms. The molecule has 0 fully saturated rings. The van der Waals surface area contributed by atoms with E-state index >= 15 is 0 Å². The number of benzene rings is 2. The predicted molar refractivity (Wildman–Crippen MR) is 121 cm³/mol. The lowest BCUT2D eigenvalue weighted by Crippen LogP contribution is -2.27. The van der Waals surface area contributed by atoms with Crippen molar-refractivity contribution >= 4 is 27.7 Å². The number of aromatic nitrogens is 2. The molecule has 1 amide bonds. The van der Waals surface area contributed by atoms with Crippen LogP contribution in [0.2, 0.25) is 0 Å². The second-order valence-electron chi connectivity index (χ2n) is 8.07. The molecule has 0 saturated carbocycles. The van der Waals surface area contributed by atoms with Crippen LogP contribution in [-0.2, 0) is 6.54 Å². The molecule has 0 unspecified atom stereocenters. The van der Waals surface area contributed by atoms with Gasteiger partial charge < -0.3 is 10.3 Å². The van der Waals surface area contributed by atoms with Crippen LogP contribution in [0, 0.1) is 34.6 Å². The van der Waals surface area contributed by atoms with Crippen molar-refractivity contribution in [1.82, 2.24) is 15.3 Å². The highest BCUT2D eigenvalue weighted by Crippen LogP contribution is 2.24. The second kappa shape index (κ2) is 7.41. The van der Waals surface area contributed by atoms with Crippen LogP contribution in [0.3, 0.4) is 0 Å². The molecule has 2 aromatic carbocycles. The smallest absolute Gasteiger partial charge is 0.253 e. The Bertz CT molecular complexity index is 1380. The van der Waals surface area contributed by atoms with Gasteiger partial charge in [0.1, 0.15) is 0 Å². The monoisotopic (exact) mass is 399 g/mol. The highest BCUT2D eigenvalue weighted by Gasteiger charge is 2.15. The van der Waals surface area contributed by atoms with E-state index in [1.54, 1.807) is 6.07 Å². The minimum Gasteiger partial charge on any atom is -0.348 e. The first-order valence-electron chi connectivity index (χ1n) is 10.0. The van der Waals surface area contributed by atoms with Crippen molar-refractivity contribution in [1.29, 1.82) is 0 Å². The summed E-state index contributed by atoms with van der Waals surface area (Å²) in [6, 6.07) is 11.7. The Kier molecular flexibility index (Phi) is 4.90. The molecule has 5 nitrogen and oxygen atoms in total. The number of carbonyl (C=O) groups excluding carboxylic acids is 1. The Morgan fingerprint density at radius 3 is 2.53 bits per heavy atom. The highest BCUT2D eigenvalue weighted by atomic mass is 16.1.